The standard InChI is InChI=1S/C12H13P/c1-13(12-9-5-6-10-12)11-7-3-2-4-8-11/h2-10,12H,1H3. The van der Waals surface area contributed by atoms with E-state index in [1.54, 1.807) is 0 Å². The Bertz CT molecular complexity index is 312. The molecular weight excluding hydrogens is 175 g/mol. The van der Waals surface area contributed by atoms with Gasteiger partial charge in [0.25, 0.3) is 0 Å². The molecule has 0 spiro atoms. The lowest BCUT2D eigenvalue weighted by Crippen LogP contribution is -2.07. The normalized spacial score (nSPS) is 17.9. The van der Waals surface area contributed by atoms with E-state index in [4.69, 9.17) is 0 Å². The van der Waals surface area contributed by atoms with E-state index < -0.39 is 0 Å². The number of benzene rings is 1. The molecule has 0 saturated heterocycles. The van der Waals surface area contributed by atoms with E-state index >= 15 is 0 Å². The molecule has 0 N–H and O–H groups in total. The third-order valence-corrected chi connectivity index (χ3v) is 4.69. The molecule has 1 aliphatic rings. The van der Waals surface area contributed by atoms with Crippen LogP contribution in [0, 0.1) is 0 Å². The maximum Gasteiger partial charge on any atom is 0.0194 e. The molecule has 1 aliphatic carbocycles. The molecule has 0 nitrogen and oxygen atoms in total. The van der Waals surface area contributed by atoms with E-state index in [9.17, 15) is 0 Å². The topological polar surface area (TPSA) is 0 Å². The van der Waals surface area contributed by atoms with E-state index in [0.29, 0.717) is 5.66 Å². The molecule has 0 radical (unpaired) electrons. The van der Waals surface area contributed by atoms with Crippen molar-refractivity contribution in [3.8, 4) is 0 Å². The lowest BCUT2D eigenvalue weighted by atomic mass is 10.4. The SMILES string of the molecule is CP(c1ccccc1)C1C=CC=C1. The number of allylic oxidation sites excluding steroid dienone is 4. The Morgan fingerprint density at radius 3 is 2.23 bits per heavy atom. The van der Waals surface area contributed by atoms with Crippen LogP contribution in [0.5, 0.6) is 0 Å². The maximum absolute atomic E-state index is 2.34. The van der Waals surface area contributed by atoms with Crippen LogP contribution in [0.1, 0.15) is 0 Å². The summed E-state index contributed by atoms with van der Waals surface area (Å²) < 4.78 is 0. The molecule has 0 aliphatic heterocycles. The Morgan fingerprint density at radius 1 is 1.00 bits per heavy atom. The van der Waals surface area contributed by atoms with Gasteiger partial charge in [0.1, 0.15) is 0 Å². The molecule has 1 heteroatoms. The van der Waals surface area contributed by atoms with Crippen LogP contribution in [0.25, 0.3) is 0 Å². The summed E-state index contributed by atoms with van der Waals surface area (Å²) in [5.41, 5.74) is 0.650. The Labute approximate surface area is 80.7 Å². The van der Waals surface area contributed by atoms with Gasteiger partial charge in [0.2, 0.25) is 0 Å². The minimum atomic E-state index is -0.0504. The van der Waals surface area contributed by atoms with Crippen molar-refractivity contribution in [1.29, 1.82) is 0 Å². The summed E-state index contributed by atoms with van der Waals surface area (Å²) >= 11 is 0. The van der Waals surface area contributed by atoms with Crippen molar-refractivity contribution in [2.45, 2.75) is 5.66 Å². The molecule has 1 unspecified atom stereocenters. The molecule has 1 aromatic carbocycles. The van der Waals surface area contributed by atoms with Crippen LogP contribution in [0.15, 0.2) is 54.6 Å². The Morgan fingerprint density at radius 2 is 1.62 bits per heavy atom. The van der Waals surface area contributed by atoms with Crippen molar-refractivity contribution in [2.75, 3.05) is 6.66 Å². The molecule has 1 atom stereocenters. The highest BCUT2D eigenvalue weighted by Crippen LogP contribution is 2.38. The molecule has 0 heterocycles. The zero-order valence-corrected chi connectivity index (χ0v) is 8.62. The van der Waals surface area contributed by atoms with E-state index in [-0.39, 0.29) is 7.92 Å². The highest BCUT2D eigenvalue weighted by Gasteiger charge is 2.13. The van der Waals surface area contributed by atoms with Crippen molar-refractivity contribution in [3.63, 3.8) is 0 Å². The molecule has 0 bridgehead atoms. The Balaban J connectivity index is 2.18. The second-order valence-corrected chi connectivity index (χ2v) is 5.54. The highest BCUT2D eigenvalue weighted by atomic mass is 31.1. The average molecular weight is 188 g/mol. The van der Waals surface area contributed by atoms with E-state index in [0.717, 1.165) is 0 Å². The van der Waals surface area contributed by atoms with Crippen LogP contribution in [-0.2, 0) is 0 Å². The van der Waals surface area contributed by atoms with Gasteiger partial charge in [-0.3, -0.25) is 0 Å². The van der Waals surface area contributed by atoms with Gasteiger partial charge in [0.05, 0.1) is 0 Å². The Kier molecular flexibility index (Phi) is 2.61. The highest BCUT2D eigenvalue weighted by molar-refractivity contribution is 7.66. The minimum absolute atomic E-state index is 0.0504. The largest absolute Gasteiger partial charge is 0.0730 e. The number of rotatable bonds is 2. The number of hydrogen-bond donors (Lipinski definition) is 0. The average Bonchev–Trinajstić information content (AvgIpc) is 2.71. The third kappa shape index (κ3) is 1.89. The predicted octanol–water partition coefficient (Wildman–Crippen LogP) is 2.92. The fraction of sp³-hybridized carbons (Fsp3) is 0.167. The van der Waals surface area contributed by atoms with Gasteiger partial charge in [0, 0.05) is 5.66 Å². The van der Waals surface area contributed by atoms with Crippen LogP contribution >= 0.6 is 7.92 Å². The zero-order valence-electron chi connectivity index (χ0n) is 7.72. The van der Waals surface area contributed by atoms with Gasteiger partial charge in [0.15, 0.2) is 0 Å². The quantitative estimate of drug-likeness (QED) is 0.626. The lowest BCUT2D eigenvalue weighted by Gasteiger charge is -2.16. The fourth-order valence-corrected chi connectivity index (χ4v) is 3.22. The summed E-state index contributed by atoms with van der Waals surface area (Å²) in [5, 5.41) is 1.48. The van der Waals surface area contributed by atoms with Crippen LogP contribution in [-0.4, -0.2) is 12.3 Å². The van der Waals surface area contributed by atoms with Crippen molar-refractivity contribution < 1.29 is 0 Å². The summed E-state index contributed by atoms with van der Waals surface area (Å²) in [6, 6.07) is 10.8. The fourth-order valence-electron chi connectivity index (χ4n) is 1.51. The van der Waals surface area contributed by atoms with Crippen LogP contribution in [0.2, 0.25) is 0 Å². The van der Waals surface area contributed by atoms with E-state index in [1.807, 2.05) is 0 Å². The van der Waals surface area contributed by atoms with Crippen molar-refractivity contribution in [1.82, 2.24) is 0 Å². The van der Waals surface area contributed by atoms with Crippen molar-refractivity contribution in [2.24, 2.45) is 0 Å². The summed E-state index contributed by atoms with van der Waals surface area (Å²) in [6.45, 7) is 2.34. The summed E-state index contributed by atoms with van der Waals surface area (Å²) in [7, 11) is -0.0504. The first-order valence-electron chi connectivity index (χ1n) is 4.51. The van der Waals surface area contributed by atoms with Gasteiger partial charge in [-0.25, -0.2) is 0 Å². The molecule has 0 saturated carbocycles. The molecule has 2 rings (SSSR count). The van der Waals surface area contributed by atoms with Gasteiger partial charge in [-0.15, -0.1) is 0 Å². The first kappa shape index (κ1) is 8.72. The summed E-state index contributed by atoms with van der Waals surface area (Å²) in [5.74, 6) is 0. The molecular formula is C12H13P. The summed E-state index contributed by atoms with van der Waals surface area (Å²) in [6.07, 6.45) is 8.87. The van der Waals surface area contributed by atoms with Crippen LogP contribution in [0.3, 0.4) is 0 Å². The van der Waals surface area contributed by atoms with Crippen LogP contribution in [0.4, 0.5) is 0 Å². The molecule has 0 amide bonds. The van der Waals surface area contributed by atoms with Gasteiger partial charge in [-0.2, -0.15) is 0 Å². The zero-order chi connectivity index (χ0) is 9.10. The molecule has 0 fully saturated rings. The van der Waals surface area contributed by atoms with Gasteiger partial charge < -0.3 is 0 Å². The summed E-state index contributed by atoms with van der Waals surface area (Å²) in [4.78, 5) is 0. The van der Waals surface area contributed by atoms with Crippen molar-refractivity contribution in [3.05, 3.63) is 54.6 Å². The van der Waals surface area contributed by atoms with Crippen molar-refractivity contribution >= 4 is 13.2 Å². The van der Waals surface area contributed by atoms with Crippen LogP contribution < -0.4 is 5.30 Å². The number of hydrogen-bond acceptors (Lipinski definition) is 0. The first-order valence-corrected chi connectivity index (χ1v) is 6.36. The molecule has 1 aromatic rings. The lowest BCUT2D eigenvalue weighted by molar-refractivity contribution is 1.44. The van der Waals surface area contributed by atoms with E-state index in [2.05, 4.69) is 61.3 Å². The van der Waals surface area contributed by atoms with Gasteiger partial charge in [-0.1, -0.05) is 62.6 Å². The van der Waals surface area contributed by atoms with Gasteiger partial charge in [-0.05, 0) is 12.0 Å². The molecule has 66 valence electrons. The second-order valence-electron chi connectivity index (χ2n) is 3.21. The molecule has 0 aromatic heterocycles. The smallest absolute Gasteiger partial charge is 0.0194 e. The maximum atomic E-state index is 2.34. The minimum Gasteiger partial charge on any atom is -0.0730 e. The monoisotopic (exact) mass is 188 g/mol. The Hall–Kier alpha value is -0.870. The van der Waals surface area contributed by atoms with E-state index in [1.165, 1.54) is 5.30 Å². The predicted molar refractivity (Wildman–Crippen MR) is 61.0 cm³/mol. The second kappa shape index (κ2) is 3.89. The first-order chi connectivity index (χ1) is 6.38. The third-order valence-electron chi connectivity index (χ3n) is 2.34. The van der Waals surface area contributed by atoms with Gasteiger partial charge >= 0.3 is 0 Å². The molecule has 13 heavy (non-hydrogen) atoms.